The van der Waals surface area contributed by atoms with Gasteiger partial charge in [-0.2, -0.15) is 0 Å². The van der Waals surface area contributed by atoms with Crippen LogP contribution < -0.4 is 5.32 Å². The average molecular weight is 380 g/mol. The molecule has 0 bridgehead atoms. The Morgan fingerprint density at radius 1 is 1.21 bits per heavy atom. The highest BCUT2D eigenvalue weighted by Crippen LogP contribution is 2.22. The lowest BCUT2D eigenvalue weighted by Crippen LogP contribution is -2.40. The first kappa shape index (κ1) is 18.6. The van der Waals surface area contributed by atoms with Crippen molar-refractivity contribution in [3.05, 3.63) is 60.2 Å². The van der Waals surface area contributed by atoms with Crippen LogP contribution in [0.15, 0.2) is 48.5 Å². The minimum Gasteiger partial charge on any atom is -0.327 e. The van der Waals surface area contributed by atoms with E-state index in [0.717, 1.165) is 49.3 Å². The largest absolute Gasteiger partial charge is 0.327 e. The highest BCUT2D eigenvalue weighted by molar-refractivity contribution is 5.92. The molecule has 0 spiro atoms. The van der Waals surface area contributed by atoms with Crippen LogP contribution in [-0.4, -0.2) is 33.4 Å². The Hall–Kier alpha value is -2.73. The second kappa shape index (κ2) is 8.10. The van der Waals surface area contributed by atoms with E-state index in [2.05, 4.69) is 27.8 Å². The molecular formula is C22H25FN4O. The Morgan fingerprint density at radius 3 is 2.79 bits per heavy atom. The van der Waals surface area contributed by atoms with Crippen LogP contribution in [0.5, 0.6) is 0 Å². The first-order valence-electron chi connectivity index (χ1n) is 9.87. The summed E-state index contributed by atoms with van der Waals surface area (Å²) in [6.07, 6.45) is 1.85. The number of piperidine rings is 1. The molecule has 1 saturated heterocycles. The predicted molar refractivity (Wildman–Crippen MR) is 108 cm³/mol. The summed E-state index contributed by atoms with van der Waals surface area (Å²) >= 11 is 0. The standard InChI is InChI=1S/C22H25FN4O/c1-2-27-20-8-4-3-7-19(20)25-21(27)15-26-13-5-6-16(14-26)22(28)24-18-11-9-17(23)10-12-18/h3-4,7-12,16H,2,5-6,13-15H2,1H3,(H,24,28)/t16-/m0/s1. The Kier molecular flexibility index (Phi) is 5.39. The highest BCUT2D eigenvalue weighted by Gasteiger charge is 2.27. The number of imidazole rings is 1. The molecule has 1 aliphatic rings. The van der Waals surface area contributed by atoms with Crippen molar-refractivity contribution in [3.63, 3.8) is 0 Å². The molecule has 146 valence electrons. The molecule has 2 heterocycles. The summed E-state index contributed by atoms with van der Waals surface area (Å²) in [7, 11) is 0. The molecule has 0 aliphatic carbocycles. The molecule has 1 aromatic heterocycles. The molecule has 28 heavy (non-hydrogen) atoms. The SMILES string of the molecule is CCn1c(CN2CCC[C@H](C(=O)Nc3ccc(F)cc3)C2)nc2ccccc21. The minimum atomic E-state index is -0.305. The average Bonchev–Trinajstić information content (AvgIpc) is 3.06. The zero-order chi connectivity index (χ0) is 19.5. The van der Waals surface area contributed by atoms with Gasteiger partial charge in [-0.1, -0.05) is 12.1 Å². The molecule has 4 rings (SSSR count). The van der Waals surface area contributed by atoms with Crippen molar-refractivity contribution >= 4 is 22.6 Å². The number of carbonyl (C=O) groups excluding carboxylic acids is 1. The van der Waals surface area contributed by atoms with Crippen molar-refractivity contribution in [3.8, 4) is 0 Å². The van der Waals surface area contributed by atoms with Crippen molar-refractivity contribution in [1.29, 1.82) is 0 Å². The van der Waals surface area contributed by atoms with E-state index in [1.165, 1.54) is 12.1 Å². The fourth-order valence-corrected chi connectivity index (χ4v) is 3.99. The summed E-state index contributed by atoms with van der Waals surface area (Å²) in [6, 6.07) is 14.1. The summed E-state index contributed by atoms with van der Waals surface area (Å²) in [5, 5.41) is 2.91. The molecule has 0 saturated carbocycles. The van der Waals surface area contributed by atoms with E-state index >= 15 is 0 Å². The van der Waals surface area contributed by atoms with Gasteiger partial charge in [0.25, 0.3) is 0 Å². The van der Waals surface area contributed by atoms with Crippen LogP contribution in [0.25, 0.3) is 11.0 Å². The number of para-hydroxylation sites is 2. The number of fused-ring (bicyclic) bond motifs is 1. The number of nitrogens with one attached hydrogen (secondary N) is 1. The summed E-state index contributed by atoms with van der Waals surface area (Å²) in [5.74, 6) is 0.669. The van der Waals surface area contributed by atoms with Gasteiger partial charge in [-0.15, -0.1) is 0 Å². The Balaban J connectivity index is 1.44. The molecule has 1 atom stereocenters. The summed E-state index contributed by atoms with van der Waals surface area (Å²) in [6.45, 7) is 5.42. The maximum Gasteiger partial charge on any atom is 0.228 e. The number of carbonyl (C=O) groups is 1. The third-order valence-electron chi connectivity index (χ3n) is 5.40. The van der Waals surface area contributed by atoms with Crippen LogP contribution in [0.4, 0.5) is 10.1 Å². The molecule has 1 fully saturated rings. The van der Waals surface area contributed by atoms with Crippen LogP contribution in [-0.2, 0) is 17.9 Å². The second-order valence-corrected chi connectivity index (χ2v) is 7.33. The Bertz CT molecular complexity index is 966. The van der Waals surface area contributed by atoms with E-state index in [1.54, 1.807) is 12.1 Å². The zero-order valence-electron chi connectivity index (χ0n) is 16.1. The van der Waals surface area contributed by atoms with Gasteiger partial charge in [-0.25, -0.2) is 9.37 Å². The van der Waals surface area contributed by atoms with Gasteiger partial charge in [0, 0.05) is 18.8 Å². The van der Waals surface area contributed by atoms with Gasteiger partial charge >= 0.3 is 0 Å². The Labute approximate surface area is 164 Å². The molecular weight excluding hydrogens is 355 g/mol. The topological polar surface area (TPSA) is 50.2 Å². The zero-order valence-corrected chi connectivity index (χ0v) is 16.1. The summed E-state index contributed by atoms with van der Waals surface area (Å²) < 4.78 is 15.3. The number of anilines is 1. The first-order chi connectivity index (χ1) is 13.6. The van der Waals surface area contributed by atoms with E-state index < -0.39 is 0 Å². The summed E-state index contributed by atoms with van der Waals surface area (Å²) in [4.78, 5) is 19.8. The molecule has 3 aromatic rings. The van der Waals surface area contributed by atoms with E-state index in [4.69, 9.17) is 4.98 Å². The number of likely N-dealkylation sites (tertiary alicyclic amines) is 1. The number of benzene rings is 2. The number of nitrogens with zero attached hydrogens (tertiary/aromatic N) is 3. The third-order valence-corrected chi connectivity index (χ3v) is 5.40. The molecule has 1 aliphatic heterocycles. The molecule has 1 amide bonds. The number of rotatable bonds is 5. The summed E-state index contributed by atoms with van der Waals surface area (Å²) in [5.41, 5.74) is 2.81. The van der Waals surface area contributed by atoms with Gasteiger partial charge in [-0.05, 0) is 62.7 Å². The van der Waals surface area contributed by atoms with E-state index in [9.17, 15) is 9.18 Å². The maximum absolute atomic E-state index is 13.0. The smallest absolute Gasteiger partial charge is 0.228 e. The minimum absolute atomic E-state index is 0.000280. The van der Waals surface area contributed by atoms with Gasteiger partial charge in [-0.3, -0.25) is 9.69 Å². The van der Waals surface area contributed by atoms with Crippen LogP contribution in [0.2, 0.25) is 0 Å². The molecule has 1 N–H and O–H groups in total. The lowest BCUT2D eigenvalue weighted by atomic mass is 9.97. The maximum atomic E-state index is 13.0. The molecule has 5 nitrogen and oxygen atoms in total. The normalized spacial score (nSPS) is 17.7. The van der Waals surface area contributed by atoms with Gasteiger partial charge < -0.3 is 9.88 Å². The number of amides is 1. The van der Waals surface area contributed by atoms with Crippen molar-refractivity contribution in [1.82, 2.24) is 14.5 Å². The third kappa shape index (κ3) is 3.92. The number of hydrogen-bond donors (Lipinski definition) is 1. The highest BCUT2D eigenvalue weighted by atomic mass is 19.1. The molecule has 0 unspecified atom stereocenters. The van der Waals surface area contributed by atoms with E-state index in [0.29, 0.717) is 12.2 Å². The lowest BCUT2D eigenvalue weighted by Gasteiger charge is -2.31. The Morgan fingerprint density at radius 2 is 2.00 bits per heavy atom. The molecule has 2 aromatic carbocycles. The predicted octanol–water partition coefficient (Wildman–Crippen LogP) is 4.05. The quantitative estimate of drug-likeness (QED) is 0.727. The fourth-order valence-electron chi connectivity index (χ4n) is 3.99. The lowest BCUT2D eigenvalue weighted by molar-refractivity contribution is -0.121. The first-order valence-corrected chi connectivity index (χ1v) is 9.87. The van der Waals surface area contributed by atoms with Crippen molar-refractivity contribution in [2.75, 3.05) is 18.4 Å². The van der Waals surface area contributed by atoms with Gasteiger partial charge in [0.2, 0.25) is 5.91 Å². The van der Waals surface area contributed by atoms with Gasteiger partial charge in [0.15, 0.2) is 0 Å². The number of aryl methyl sites for hydroxylation is 1. The van der Waals surface area contributed by atoms with Crippen LogP contribution >= 0.6 is 0 Å². The number of aromatic nitrogens is 2. The molecule has 6 heteroatoms. The number of halogens is 1. The molecule has 0 radical (unpaired) electrons. The monoisotopic (exact) mass is 380 g/mol. The van der Waals surface area contributed by atoms with Crippen molar-refractivity contribution in [2.24, 2.45) is 5.92 Å². The van der Waals surface area contributed by atoms with E-state index in [-0.39, 0.29) is 17.6 Å². The van der Waals surface area contributed by atoms with E-state index in [1.807, 2.05) is 18.2 Å². The fraction of sp³-hybridized carbons (Fsp3) is 0.364. The number of hydrogen-bond acceptors (Lipinski definition) is 3. The van der Waals surface area contributed by atoms with Gasteiger partial charge in [0.1, 0.15) is 11.6 Å². The van der Waals surface area contributed by atoms with Crippen LogP contribution in [0.3, 0.4) is 0 Å². The second-order valence-electron chi connectivity index (χ2n) is 7.33. The van der Waals surface area contributed by atoms with Crippen molar-refractivity contribution in [2.45, 2.75) is 32.9 Å². The van der Waals surface area contributed by atoms with Crippen molar-refractivity contribution < 1.29 is 9.18 Å². The van der Waals surface area contributed by atoms with Crippen LogP contribution in [0, 0.1) is 11.7 Å². The van der Waals surface area contributed by atoms with Crippen LogP contribution in [0.1, 0.15) is 25.6 Å². The van der Waals surface area contributed by atoms with Gasteiger partial charge in [0.05, 0.1) is 23.5 Å².